The Bertz CT molecular complexity index is 394. The molecule has 1 aliphatic rings. The summed E-state index contributed by atoms with van der Waals surface area (Å²) in [6.45, 7) is -1.47. The van der Waals surface area contributed by atoms with Crippen LogP contribution in [0, 0.1) is 5.92 Å². The van der Waals surface area contributed by atoms with Crippen molar-refractivity contribution < 1.29 is 26.4 Å². The molecule has 0 saturated carbocycles. The van der Waals surface area contributed by atoms with Gasteiger partial charge in [-0.05, 0) is 12.3 Å². The number of hydrogen-bond donors (Lipinski definition) is 2. The lowest BCUT2D eigenvalue weighted by Crippen LogP contribution is -2.40. The second-order valence-electron chi connectivity index (χ2n) is 4.29. The molecule has 1 saturated heterocycles. The molecule has 2 N–H and O–H groups in total. The summed E-state index contributed by atoms with van der Waals surface area (Å²) in [6, 6.07) is 0. The molecule has 106 valence electrons. The average Bonchev–Trinajstić information content (AvgIpc) is 2.53. The summed E-state index contributed by atoms with van der Waals surface area (Å²) in [5, 5.41) is 4.38. The molecular weight excluding hydrogens is 273 g/mol. The zero-order chi connectivity index (χ0) is 13.8. The van der Waals surface area contributed by atoms with Crippen LogP contribution in [0.15, 0.2) is 0 Å². The Morgan fingerprint density at radius 3 is 2.50 bits per heavy atom. The first-order valence-electron chi connectivity index (χ1n) is 5.42. The molecule has 1 atom stereocenters. The fraction of sp³-hybridized carbons (Fsp3) is 0.889. The second-order valence-corrected chi connectivity index (χ2v) is 6.52. The molecular formula is C9H15F3N2O3S. The van der Waals surface area contributed by atoms with Crippen molar-refractivity contribution in [1.29, 1.82) is 0 Å². The molecule has 18 heavy (non-hydrogen) atoms. The number of nitrogens with one attached hydrogen (secondary N) is 2. The van der Waals surface area contributed by atoms with Gasteiger partial charge in [0.25, 0.3) is 0 Å². The number of hydrogen-bond acceptors (Lipinski definition) is 4. The van der Waals surface area contributed by atoms with Gasteiger partial charge in [0.05, 0.1) is 24.6 Å². The molecule has 5 nitrogen and oxygen atoms in total. The lowest BCUT2D eigenvalue weighted by molar-refractivity contribution is -0.128. The van der Waals surface area contributed by atoms with Crippen LogP contribution in [0.25, 0.3) is 0 Å². The topological polar surface area (TPSA) is 75.3 Å². The molecule has 1 aliphatic heterocycles. The van der Waals surface area contributed by atoms with E-state index in [4.69, 9.17) is 0 Å². The Morgan fingerprint density at radius 2 is 2.00 bits per heavy atom. The van der Waals surface area contributed by atoms with E-state index in [1.54, 1.807) is 0 Å². The van der Waals surface area contributed by atoms with Crippen LogP contribution in [0.5, 0.6) is 0 Å². The number of sulfone groups is 1. The number of halogens is 3. The number of alkyl halides is 3. The SMILES string of the molecule is O=C(CNCC(F)(F)F)NCC1CCS(=O)(=O)C1. The van der Waals surface area contributed by atoms with E-state index in [9.17, 15) is 26.4 Å². The highest BCUT2D eigenvalue weighted by atomic mass is 32.2. The van der Waals surface area contributed by atoms with Crippen molar-refractivity contribution in [2.75, 3.05) is 31.1 Å². The summed E-state index contributed by atoms with van der Waals surface area (Å²) < 4.78 is 57.5. The lowest BCUT2D eigenvalue weighted by Gasteiger charge is -2.11. The summed E-state index contributed by atoms with van der Waals surface area (Å²) in [7, 11) is -3.00. The van der Waals surface area contributed by atoms with Gasteiger partial charge in [-0.15, -0.1) is 0 Å². The van der Waals surface area contributed by atoms with Gasteiger partial charge in [-0.1, -0.05) is 0 Å². The molecule has 1 fully saturated rings. The van der Waals surface area contributed by atoms with Crippen molar-refractivity contribution >= 4 is 15.7 Å². The van der Waals surface area contributed by atoms with Gasteiger partial charge in [-0.2, -0.15) is 13.2 Å². The molecule has 1 amide bonds. The maximum absolute atomic E-state index is 11.8. The summed E-state index contributed by atoms with van der Waals surface area (Å²) in [6.07, 6.45) is -3.86. The van der Waals surface area contributed by atoms with Crippen molar-refractivity contribution in [3.63, 3.8) is 0 Å². The van der Waals surface area contributed by atoms with Gasteiger partial charge in [0, 0.05) is 6.54 Å². The van der Waals surface area contributed by atoms with E-state index in [-0.39, 0.29) is 24.0 Å². The molecule has 1 unspecified atom stereocenters. The van der Waals surface area contributed by atoms with E-state index in [0.717, 1.165) is 0 Å². The lowest BCUT2D eigenvalue weighted by atomic mass is 10.1. The van der Waals surface area contributed by atoms with Crippen LogP contribution in [-0.4, -0.2) is 51.6 Å². The molecule has 0 radical (unpaired) electrons. The van der Waals surface area contributed by atoms with E-state index >= 15 is 0 Å². The van der Waals surface area contributed by atoms with Crippen molar-refractivity contribution in [2.24, 2.45) is 5.92 Å². The molecule has 1 heterocycles. The van der Waals surface area contributed by atoms with Crippen LogP contribution in [0.2, 0.25) is 0 Å². The molecule has 1 rings (SSSR count). The van der Waals surface area contributed by atoms with Crippen molar-refractivity contribution in [2.45, 2.75) is 12.6 Å². The summed E-state index contributed by atoms with van der Waals surface area (Å²) in [5.74, 6) is -0.562. The third-order valence-corrected chi connectivity index (χ3v) is 4.36. The minimum Gasteiger partial charge on any atom is -0.355 e. The van der Waals surface area contributed by atoms with Crippen molar-refractivity contribution in [3.05, 3.63) is 0 Å². The van der Waals surface area contributed by atoms with Crippen LogP contribution >= 0.6 is 0 Å². The van der Waals surface area contributed by atoms with Gasteiger partial charge in [-0.3, -0.25) is 4.79 Å². The number of carbonyl (C=O) groups is 1. The second kappa shape index (κ2) is 5.87. The summed E-state index contributed by atoms with van der Waals surface area (Å²) in [4.78, 5) is 11.2. The van der Waals surface area contributed by atoms with E-state index in [1.165, 1.54) is 0 Å². The predicted molar refractivity (Wildman–Crippen MR) is 58.7 cm³/mol. The molecule has 0 aromatic carbocycles. The van der Waals surface area contributed by atoms with Crippen LogP contribution in [0.3, 0.4) is 0 Å². The maximum atomic E-state index is 11.8. The highest BCUT2D eigenvalue weighted by molar-refractivity contribution is 7.91. The molecule has 0 aliphatic carbocycles. The first-order chi connectivity index (χ1) is 8.18. The normalized spacial score (nSPS) is 22.9. The fourth-order valence-corrected chi connectivity index (χ4v) is 3.53. The van der Waals surface area contributed by atoms with Gasteiger partial charge in [0.15, 0.2) is 9.84 Å². The van der Waals surface area contributed by atoms with E-state index in [2.05, 4.69) is 5.32 Å². The summed E-state index contributed by atoms with van der Waals surface area (Å²) >= 11 is 0. The average molecular weight is 288 g/mol. The Hall–Kier alpha value is -0.830. The summed E-state index contributed by atoms with van der Waals surface area (Å²) in [5.41, 5.74) is 0. The Labute approximate surface area is 103 Å². The predicted octanol–water partition coefficient (Wildman–Crippen LogP) is -0.311. The number of rotatable bonds is 5. The maximum Gasteiger partial charge on any atom is 0.401 e. The first-order valence-corrected chi connectivity index (χ1v) is 7.25. The van der Waals surface area contributed by atoms with E-state index < -0.39 is 35.0 Å². The first kappa shape index (κ1) is 15.2. The standard InChI is InChI=1S/C9H15F3N2O3S/c10-9(11,12)6-13-4-8(15)14-3-7-1-2-18(16,17)5-7/h7,13H,1-6H2,(H,14,15). The zero-order valence-corrected chi connectivity index (χ0v) is 10.4. The van der Waals surface area contributed by atoms with Gasteiger partial charge < -0.3 is 10.6 Å². The molecule has 0 bridgehead atoms. The van der Waals surface area contributed by atoms with Crippen LogP contribution in [0.4, 0.5) is 13.2 Å². The van der Waals surface area contributed by atoms with Crippen molar-refractivity contribution in [1.82, 2.24) is 10.6 Å². The van der Waals surface area contributed by atoms with Crippen LogP contribution in [0.1, 0.15) is 6.42 Å². The third kappa shape index (κ3) is 6.20. The molecule has 0 aromatic heterocycles. The Kier molecular flexibility index (Phi) is 4.97. The van der Waals surface area contributed by atoms with Crippen LogP contribution in [-0.2, 0) is 14.6 Å². The van der Waals surface area contributed by atoms with E-state index in [0.29, 0.717) is 6.42 Å². The van der Waals surface area contributed by atoms with Crippen molar-refractivity contribution in [3.8, 4) is 0 Å². The third-order valence-electron chi connectivity index (χ3n) is 2.53. The largest absolute Gasteiger partial charge is 0.401 e. The highest BCUT2D eigenvalue weighted by Crippen LogP contribution is 2.17. The van der Waals surface area contributed by atoms with Gasteiger partial charge in [0.2, 0.25) is 5.91 Å². The van der Waals surface area contributed by atoms with Gasteiger partial charge in [0.1, 0.15) is 0 Å². The Balaban J connectivity index is 2.15. The number of amides is 1. The minimum atomic E-state index is -4.35. The molecule has 0 aromatic rings. The Morgan fingerprint density at radius 1 is 1.33 bits per heavy atom. The fourth-order valence-electron chi connectivity index (χ4n) is 1.67. The van der Waals surface area contributed by atoms with Gasteiger partial charge >= 0.3 is 6.18 Å². The number of carbonyl (C=O) groups excluding carboxylic acids is 1. The minimum absolute atomic E-state index is 0.0310. The quantitative estimate of drug-likeness (QED) is 0.727. The van der Waals surface area contributed by atoms with Gasteiger partial charge in [-0.25, -0.2) is 8.42 Å². The van der Waals surface area contributed by atoms with Crippen LogP contribution < -0.4 is 10.6 Å². The highest BCUT2D eigenvalue weighted by Gasteiger charge is 2.28. The van der Waals surface area contributed by atoms with E-state index in [1.807, 2.05) is 5.32 Å². The smallest absolute Gasteiger partial charge is 0.355 e. The molecule has 9 heteroatoms. The molecule has 0 spiro atoms. The zero-order valence-electron chi connectivity index (χ0n) is 9.59. The monoisotopic (exact) mass is 288 g/mol.